The number of carbonyl (C=O) groups excluding carboxylic acids is 1. The van der Waals surface area contributed by atoms with Crippen molar-refractivity contribution in [3.8, 4) is 17.4 Å². The van der Waals surface area contributed by atoms with Gasteiger partial charge in [0.15, 0.2) is 11.3 Å². The zero-order valence-corrected chi connectivity index (χ0v) is 43.9. The number of pyridine rings is 2. The number of piperidine rings is 1. The summed E-state index contributed by atoms with van der Waals surface area (Å²) in [6.07, 6.45) is 9.94. The molecule has 3 saturated heterocycles. The molecular weight excluding hydrogens is 1010 g/mol. The number of anilines is 2. The highest BCUT2D eigenvalue weighted by Gasteiger charge is 2.50. The van der Waals surface area contributed by atoms with Crippen molar-refractivity contribution in [2.45, 2.75) is 87.5 Å². The minimum absolute atomic E-state index is 0.0539. The maximum absolute atomic E-state index is 16.7. The number of alkyl halides is 1. The van der Waals surface area contributed by atoms with Gasteiger partial charge in [-0.2, -0.15) is 0 Å². The molecule has 3 N–H and O–H groups in total. The average molecular weight is 1070 g/mol. The number of nitrogens with zero attached hydrogens (tertiary/aromatic N) is 6. The third-order valence-corrected chi connectivity index (χ3v) is 17.5. The average Bonchev–Trinajstić information content (AvgIpc) is 4.19. The van der Waals surface area contributed by atoms with Gasteiger partial charge in [-0.05, 0) is 78.0 Å². The molecule has 3 aromatic carbocycles. The van der Waals surface area contributed by atoms with E-state index in [-0.39, 0.29) is 77.9 Å². The van der Waals surface area contributed by atoms with Gasteiger partial charge in [0.2, 0.25) is 5.88 Å². The Bertz CT molecular complexity index is 3440. The van der Waals surface area contributed by atoms with Crippen LogP contribution in [0.2, 0.25) is 0 Å². The van der Waals surface area contributed by atoms with Crippen LogP contribution >= 0.6 is 0 Å². The van der Waals surface area contributed by atoms with Crippen molar-refractivity contribution < 1.29 is 45.5 Å². The van der Waals surface area contributed by atoms with Gasteiger partial charge in [0.1, 0.15) is 33.5 Å². The quantitative estimate of drug-likeness (QED) is 0.0607. The highest BCUT2D eigenvalue weighted by atomic mass is 32.2. The van der Waals surface area contributed by atoms with Gasteiger partial charge in [-0.15, -0.1) is 0 Å². The highest BCUT2D eigenvalue weighted by molar-refractivity contribution is 7.90. The standard InChI is InChI=1S/C56H61F2N9O9S/c1-35(2)40-6-4-5-7-41(40)47-33-64(32-36-8-9-50(73-3)60-30-36)19-20-66(47)38-28-55(29-38)12-17-65(18-13-55)45-26-48(76-39-24-37-10-16-59-53(37)61-31-39)43(25-44(45)57)54(68)63-77(71,72)49-27-46(67(69)70)51(52-42(49)11-21-75-52)62-34-56(58)14-22-74-23-15-56/h4-11,16,21,24-27,30-31,35,38,47,62H,12-15,17-20,22-23,28-29,32-34H2,1-3H3,(H,59,61)(H,63,68)/t47-/m0/s1. The predicted molar refractivity (Wildman–Crippen MR) is 285 cm³/mol. The first-order valence-electron chi connectivity index (χ1n) is 26.1. The Labute approximate surface area is 444 Å². The lowest BCUT2D eigenvalue weighted by Gasteiger charge is -2.58. The molecule has 1 saturated carbocycles. The Hall–Kier alpha value is -7.20. The smallest absolute Gasteiger partial charge is 0.297 e. The van der Waals surface area contributed by atoms with Crippen molar-refractivity contribution >= 4 is 55.0 Å². The van der Waals surface area contributed by atoms with Gasteiger partial charge >= 0.3 is 0 Å². The fourth-order valence-corrected chi connectivity index (χ4v) is 13.1. The van der Waals surface area contributed by atoms with Gasteiger partial charge in [0, 0.05) is 125 Å². The number of benzene rings is 3. The zero-order chi connectivity index (χ0) is 53.6. The maximum atomic E-state index is 16.7. The topological polar surface area (TPSA) is 211 Å². The van der Waals surface area contributed by atoms with Gasteiger partial charge in [0.05, 0.1) is 35.7 Å². The molecule has 0 unspecified atom stereocenters. The molecule has 18 nitrogen and oxygen atoms in total. The molecule has 0 bridgehead atoms. The third kappa shape index (κ3) is 10.5. The highest BCUT2D eigenvalue weighted by Crippen LogP contribution is 2.54. The van der Waals surface area contributed by atoms with Crippen LogP contribution in [0.3, 0.4) is 0 Å². The van der Waals surface area contributed by atoms with Crippen LogP contribution < -0.4 is 24.4 Å². The van der Waals surface area contributed by atoms with Gasteiger partial charge in [-0.1, -0.05) is 44.2 Å². The van der Waals surface area contributed by atoms with Crippen molar-refractivity contribution in [2.24, 2.45) is 5.41 Å². The van der Waals surface area contributed by atoms with Crippen LogP contribution in [0, 0.1) is 21.3 Å². The number of carbonyl (C=O) groups is 1. The van der Waals surface area contributed by atoms with E-state index in [0.717, 1.165) is 75.8 Å². The SMILES string of the molecule is COc1ccc(CN2CCN(C3CC4(CCN(c5cc(Oc6cnc7[nH]ccc7c6)c(C(=O)NS(=O)(=O)c6cc([N+](=O)[O-])c(NCC7(F)CCOCC7)c7occc67)cc5F)CC4)C3)[C@H](c3ccccc3C(C)C)C2)cn1. The van der Waals surface area contributed by atoms with Crippen molar-refractivity contribution in [3.05, 3.63) is 136 Å². The number of H-pyrrole nitrogens is 1. The van der Waals surface area contributed by atoms with Gasteiger partial charge in [-0.3, -0.25) is 24.7 Å². The van der Waals surface area contributed by atoms with E-state index in [4.69, 9.17) is 18.6 Å². The minimum Gasteiger partial charge on any atom is -0.481 e. The number of nitrogens with one attached hydrogen (secondary N) is 3. The molecule has 4 aromatic heterocycles. The molecule has 1 aliphatic carbocycles. The molecule has 11 rings (SSSR count). The van der Waals surface area contributed by atoms with E-state index < -0.39 is 48.5 Å². The number of methoxy groups -OCH3 is 1. The lowest BCUT2D eigenvalue weighted by molar-refractivity contribution is -0.384. The van der Waals surface area contributed by atoms with Crippen LogP contribution in [0.15, 0.2) is 107 Å². The molecule has 3 aliphatic heterocycles. The summed E-state index contributed by atoms with van der Waals surface area (Å²) in [6.45, 7) is 9.10. The third-order valence-electron chi connectivity index (χ3n) is 16.1. The first-order valence-corrected chi connectivity index (χ1v) is 27.6. The molecular formula is C56H61F2N9O9S. The largest absolute Gasteiger partial charge is 0.481 e. The number of nitro benzene ring substituents is 1. The Morgan fingerprint density at radius 3 is 2.52 bits per heavy atom. The van der Waals surface area contributed by atoms with Gasteiger partial charge in [-0.25, -0.2) is 31.9 Å². The number of sulfonamides is 1. The fourth-order valence-electron chi connectivity index (χ4n) is 11.9. The lowest BCUT2D eigenvalue weighted by Crippen LogP contribution is -2.60. The van der Waals surface area contributed by atoms with Crippen LogP contribution in [0.1, 0.15) is 91.4 Å². The van der Waals surface area contributed by atoms with Crippen LogP contribution in [0.5, 0.6) is 17.4 Å². The normalized spacial score (nSPS) is 19.1. The van der Waals surface area contributed by atoms with E-state index in [1.165, 1.54) is 29.5 Å². The molecule has 7 aromatic rings. The monoisotopic (exact) mass is 1070 g/mol. The van der Waals surface area contributed by atoms with Gasteiger partial charge < -0.3 is 33.8 Å². The van der Waals surface area contributed by atoms with E-state index in [1.54, 1.807) is 25.4 Å². The molecule has 404 valence electrons. The number of furan rings is 1. The summed E-state index contributed by atoms with van der Waals surface area (Å²) in [7, 11) is -3.32. The molecule has 21 heteroatoms. The number of halogens is 2. The summed E-state index contributed by atoms with van der Waals surface area (Å²) >= 11 is 0. The van der Waals surface area contributed by atoms with Crippen LogP contribution in [0.4, 0.5) is 25.8 Å². The summed E-state index contributed by atoms with van der Waals surface area (Å²) < 4.78 is 85.3. The molecule has 4 fully saturated rings. The van der Waals surface area contributed by atoms with E-state index in [9.17, 15) is 23.3 Å². The molecule has 77 heavy (non-hydrogen) atoms. The zero-order valence-electron chi connectivity index (χ0n) is 43.1. The summed E-state index contributed by atoms with van der Waals surface area (Å²) in [5, 5.41) is 15.8. The Kier molecular flexibility index (Phi) is 14.1. The second kappa shape index (κ2) is 21.0. The Morgan fingerprint density at radius 1 is 0.987 bits per heavy atom. The minimum atomic E-state index is -4.94. The second-order valence-electron chi connectivity index (χ2n) is 21.3. The fraction of sp³-hybridized carbons (Fsp3) is 0.411. The summed E-state index contributed by atoms with van der Waals surface area (Å²) in [5.41, 5.74) is 1.32. The van der Waals surface area contributed by atoms with Crippen LogP contribution in [0.25, 0.3) is 22.0 Å². The number of fused-ring (bicyclic) bond motifs is 2. The van der Waals surface area contributed by atoms with Crippen molar-refractivity contribution in [3.63, 3.8) is 0 Å². The predicted octanol–water partition coefficient (Wildman–Crippen LogP) is 10.0. The van der Waals surface area contributed by atoms with Crippen molar-refractivity contribution in [1.29, 1.82) is 0 Å². The molecule has 1 spiro atoms. The second-order valence-corrected chi connectivity index (χ2v) is 22.9. The lowest BCUT2D eigenvalue weighted by atomic mass is 9.59. The summed E-state index contributed by atoms with van der Waals surface area (Å²) in [4.78, 5) is 44.3. The number of ether oxygens (including phenoxy) is 3. The summed E-state index contributed by atoms with van der Waals surface area (Å²) in [5.74, 6) is -1.01. The molecule has 0 radical (unpaired) electrons. The Morgan fingerprint density at radius 2 is 1.78 bits per heavy atom. The first-order chi connectivity index (χ1) is 37.1. The number of aromatic amines is 1. The van der Waals surface area contributed by atoms with Crippen LogP contribution in [-0.4, -0.2) is 115 Å². The molecule has 1 amide bonds. The van der Waals surface area contributed by atoms with Gasteiger partial charge in [0.25, 0.3) is 21.6 Å². The van der Waals surface area contributed by atoms with Crippen molar-refractivity contribution in [2.75, 3.05) is 69.8 Å². The molecule has 4 aliphatic rings. The van der Waals surface area contributed by atoms with Crippen LogP contribution in [-0.2, 0) is 21.3 Å². The number of amides is 1. The Balaban J connectivity index is 0.823. The van der Waals surface area contributed by atoms with E-state index in [2.05, 4.69) is 74.2 Å². The number of rotatable bonds is 16. The van der Waals surface area contributed by atoms with E-state index in [1.807, 2.05) is 21.9 Å². The van der Waals surface area contributed by atoms with E-state index >= 15 is 8.78 Å². The number of piperazine rings is 1. The van der Waals surface area contributed by atoms with E-state index in [0.29, 0.717) is 42.0 Å². The number of aromatic nitrogens is 3. The number of nitro groups is 1. The maximum Gasteiger partial charge on any atom is 0.297 e. The number of hydrogen-bond donors (Lipinski definition) is 3. The first kappa shape index (κ1) is 51.9. The summed E-state index contributed by atoms with van der Waals surface area (Å²) in [6, 6.07) is 21.3. The number of hydrogen-bond acceptors (Lipinski definition) is 15. The van der Waals surface area contributed by atoms with Crippen molar-refractivity contribution in [1.82, 2.24) is 29.5 Å². The molecule has 7 heterocycles. The molecule has 1 atom stereocenters.